The molecule has 2 amide bonds. The summed E-state index contributed by atoms with van der Waals surface area (Å²) >= 11 is 0. The molecule has 0 aliphatic heterocycles. The predicted molar refractivity (Wildman–Crippen MR) is 145 cm³/mol. The number of ketones is 2. The second-order valence-electron chi connectivity index (χ2n) is 9.66. The number of hydrogen-bond donors (Lipinski definition) is 1. The van der Waals surface area contributed by atoms with Crippen molar-refractivity contribution in [3.05, 3.63) is 70.5 Å². The highest BCUT2D eigenvalue weighted by Crippen LogP contribution is 2.18. The lowest BCUT2D eigenvalue weighted by Crippen LogP contribution is -2.42. The molecule has 7 nitrogen and oxygen atoms in total. The summed E-state index contributed by atoms with van der Waals surface area (Å²) in [5.74, 6) is -0.712. The zero-order valence-corrected chi connectivity index (χ0v) is 23.2. The molecule has 1 atom stereocenters. The summed E-state index contributed by atoms with van der Waals surface area (Å²) in [6.07, 6.45) is 2.24. The molecule has 38 heavy (non-hydrogen) atoms. The molecule has 2 aromatic rings. The Morgan fingerprint density at radius 1 is 1.03 bits per heavy atom. The average Bonchev–Trinajstić information content (AvgIpc) is 2.87. The molecule has 0 fully saturated rings. The maximum absolute atomic E-state index is 13.1. The van der Waals surface area contributed by atoms with Gasteiger partial charge in [-0.1, -0.05) is 51.5 Å². The highest BCUT2D eigenvalue weighted by atomic mass is 19.1. The molecular weight excluding hydrogens is 487 g/mol. The molecule has 0 radical (unpaired) electrons. The Morgan fingerprint density at radius 3 is 2.13 bits per heavy atom. The zero-order valence-electron chi connectivity index (χ0n) is 23.2. The molecule has 0 spiro atoms. The summed E-state index contributed by atoms with van der Waals surface area (Å²) in [4.78, 5) is 61.8. The van der Waals surface area contributed by atoms with E-state index >= 15 is 0 Å². The molecule has 0 aliphatic carbocycles. The summed E-state index contributed by atoms with van der Waals surface area (Å²) in [6, 6.07) is 9.46. The molecule has 0 heterocycles. The van der Waals surface area contributed by atoms with Crippen molar-refractivity contribution in [1.29, 1.82) is 0 Å². The van der Waals surface area contributed by atoms with Crippen molar-refractivity contribution in [2.24, 2.45) is 5.92 Å². The van der Waals surface area contributed by atoms with Crippen LogP contribution in [0.1, 0.15) is 85.7 Å². The van der Waals surface area contributed by atoms with Gasteiger partial charge < -0.3 is 15.0 Å². The number of aldehydes is 1. The van der Waals surface area contributed by atoms with E-state index in [1.54, 1.807) is 12.1 Å². The van der Waals surface area contributed by atoms with Gasteiger partial charge in [0.25, 0.3) is 5.91 Å². The monoisotopic (exact) mass is 526 g/mol. The largest absolute Gasteiger partial charge is 0.352 e. The molecule has 0 bridgehead atoms. The van der Waals surface area contributed by atoms with Gasteiger partial charge in [0.1, 0.15) is 11.6 Å². The number of carbonyl (C=O) groups excluding carboxylic acids is 5. The van der Waals surface area contributed by atoms with Crippen molar-refractivity contribution in [3.63, 3.8) is 0 Å². The number of benzene rings is 2. The molecule has 0 aromatic heterocycles. The van der Waals surface area contributed by atoms with E-state index in [4.69, 9.17) is 0 Å². The van der Waals surface area contributed by atoms with Gasteiger partial charge in [-0.05, 0) is 55.5 Å². The molecule has 2 rings (SSSR count). The third kappa shape index (κ3) is 10.7. The molecule has 8 heteroatoms. The van der Waals surface area contributed by atoms with E-state index in [0.717, 1.165) is 5.92 Å². The Balaban J connectivity index is 0.00000132. The summed E-state index contributed by atoms with van der Waals surface area (Å²) in [7, 11) is 1.46. The van der Waals surface area contributed by atoms with Crippen molar-refractivity contribution < 1.29 is 28.4 Å². The van der Waals surface area contributed by atoms with Crippen molar-refractivity contribution in [2.75, 3.05) is 7.05 Å². The van der Waals surface area contributed by atoms with Crippen molar-refractivity contribution >= 4 is 29.7 Å². The lowest BCUT2D eigenvalue weighted by atomic mass is 9.98. The minimum absolute atomic E-state index is 0.0133. The number of carbonyl (C=O) groups is 5. The van der Waals surface area contributed by atoms with E-state index in [2.05, 4.69) is 26.1 Å². The molecule has 206 valence electrons. The Labute approximate surface area is 224 Å². The van der Waals surface area contributed by atoms with Crippen LogP contribution in [0.15, 0.2) is 42.5 Å². The van der Waals surface area contributed by atoms with Crippen LogP contribution in [0.25, 0.3) is 0 Å². The SMILES string of the molecule is CC(=O)CCC(C(C)=O)N(C)C(=O)c1cccc(CNC(=O)Cc2ccc(F)cc2)c1C=O.CCC(C)C. The van der Waals surface area contributed by atoms with Gasteiger partial charge in [-0.2, -0.15) is 0 Å². The third-order valence-corrected chi connectivity index (χ3v) is 6.14. The van der Waals surface area contributed by atoms with Crippen LogP contribution >= 0.6 is 0 Å². The second-order valence-corrected chi connectivity index (χ2v) is 9.66. The predicted octanol–water partition coefficient (Wildman–Crippen LogP) is 4.95. The van der Waals surface area contributed by atoms with E-state index in [-0.39, 0.29) is 54.4 Å². The smallest absolute Gasteiger partial charge is 0.254 e. The Kier molecular flexibility index (Phi) is 13.8. The molecule has 0 saturated heterocycles. The topological polar surface area (TPSA) is 101 Å². The first-order valence-electron chi connectivity index (χ1n) is 12.8. The van der Waals surface area contributed by atoms with E-state index in [0.29, 0.717) is 17.4 Å². The van der Waals surface area contributed by atoms with Gasteiger partial charge >= 0.3 is 0 Å². The number of hydrogen-bond acceptors (Lipinski definition) is 5. The summed E-state index contributed by atoms with van der Waals surface area (Å²) < 4.78 is 13.0. The van der Waals surface area contributed by atoms with Crippen LogP contribution in [0.5, 0.6) is 0 Å². The van der Waals surface area contributed by atoms with Gasteiger partial charge in [-0.15, -0.1) is 0 Å². The van der Waals surface area contributed by atoms with Gasteiger partial charge in [0.05, 0.1) is 18.0 Å². The van der Waals surface area contributed by atoms with Crippen LogP contribution in [0, 0.1) is 11.7 Å². The number of amides is 2. The minimum Gasteiger partial charge on any atom is -0.352 e. The fourth-order valence-electron chi connectivity index (χ4n) is 3.48. The number of nitrogens with zero attached hydrogens (tertiary/aromatic N) is 1. The highest BCUT2D eigenvalue weighted by molar-refractivity contribution is 6.03. The van der Waals surface area contributed by atoms with Crippen LogP contribution in [0.4, 0.5) is 4.39 Å². The number of rotatable bonds is 12. The zero-order chi connectivity index (χ0) is 28.8. The van der Waals surface area contributed by atoms with Gasteiger partial charge in [0.2, 0.25) is 5.91 Å². The summed E-state index contributed by atoms with van der Waals surface area (Å²) in [6.45, 7) is 9.42. The normalized spacial score (nSPS) is 11.2. The maximum Gasteiger partial charge on any atom is 0.254 e. The Bertz CT molecular complexity index is 1110. The van der Waals surface area contributed by atoms with E-state index in [1.165, 1.54) is 62.5 Å². The molecule has 1 unspecified atom stereocenters. The number of halogens is 1. The first-order valence-corrected chi connectivity index (χ1v) is 12.8. The fraction of sp³-hybridized carbons (Fsp3) is 0.433. The van der Waals surface area contributed by atoms with Gasteiger partial charge in [-0.3, -0.25) is 19.2 Å². The van der Waals surface area contributed by atoms with E-state index < -0.39 is 17.8 Å². The van der Waals surface area contributed by atoms with Crippen molar-refractivity contribution in [3.8, 4) is 0 Å². The van der Waals surface area contributed by atoms with E-state index in [1.807, 2.05) is 0 Å². The molecule has 0 saturated carbocycles. The number of Topliss-reactive ketones (excluding diaryl/α,β-unsaturated/α-hetero) is 2. The molecule has 2 aromatic carbocycles. The van der Waals surface area contributed by atoms with Crippen molar-refractivity contribution in [2.45, 2.75) is 72.9 Å². The highest BCUT2D eigenvalue weighted by Gasteiger charge is 2.27. The van der Waals surface area contributed by atoms with Crippen LogP contribution < -0.4 is 5.32 Å². The first-order chi connectivity index (χ1) is 17.9. The average molecular weight is 527 g/mol. The van der Waals surface area contributed by atoms with Crippen LogP contribution in [0.3, 0.4) is 0 Å². The van der Waals surface area contributed by atoms with Gasteiger partial charge in [0, 0.05) is 25.6 Å². The summed E-state index contributed by atoms with van der Waals surface area (Å²) in [5, 5.41) is 2.70. The van der Waals surface area contributed by atoms with Crippen molar-refractivity contribution in [1.82, 2.24) is 10.2 Å². The van der Waals surface area contributed by atoms with Gasteiger partial charge in [0.15, 0.2) is 12.1 Å². The number of nitrogens with one attached hydrogen (secondary N) is 1. The van der Waals surface area contributed by atoms with Gasteiger partial charge in [-0.25, -0.2) is 4.39 Å². The standard InChI is InChI=1S/C25H27FN2O5.C5H12/c1-16(30)7-12-23(17(2)31)28(3)25(33)21-6-4-5-19(22(21)15-29)14-27-24(32)13-18-8-10-20(26)11-9-18;1-4-5(2)3/h4-6,8-11,15,23H,7,12-14H2,1-3H3,(H,27,32);5H,4H2,1-3H3. The maximum atomic E-state index is 13.1. The second kappa shape index (κ2) is 16.2. The lowest BCUT2D eigenvalue weighted by molar-refractivity contribution is -0.122. The molecule has 1 N–H and O–H groups in total. The fourth-order valence-corrected chi connectivity index (χ4v) is 3.48. The van der Waals surface area contributed by atoms with Crippen LogP contribution in [-0.4, -0.2) is 47.7 Å². The Hall–Kier alpha value is -3.68. The minimum atomic E-state index is -0.792. The molecule has 0 aliphatic rings. The Morgan fingerprint density at radius 2 is 1.63 bits per heavy atom. The number of likely N-dealkylation sites (N-methyl/N-ethyl adjacent to an activating group) is 1. The third-order valence-electron chi connectivity index (χ3n) is 6.14. The molecular formula is C30H39FN2O5. The van der Waals surface area contributed by atoms with Crippen LogP contribution in [0.2, 0.25) is 0 Å². The lowest BCUT2D eigenvalue weighted by Gasteiger charge is -2.27. The van der Waals surface area contributed by atoms with E-state index in [9.17, 15) is 28.4 Å². The first kappa shape index (κ1) is 32.3. The quantitative estimate of drug-likeness (QED) is 0.395. The summed E-state index contributed by atoms with van der Waals surface area (Å²) in [5.41, 5.74) is 1.30. The van der Waals surface area contributed by atoms with Crippen LogP contribution in [-0.2, 0) is 27.3 Å².